The number of ether oxygens (including phenoxy) is 1. The monoisotopic (exact) mass is 375 g/mol. The number of nitrogens with one attached hydrogen (secondary N) is 1. The van der Waals surface area contributed by atoms with E-state index in [1.54, 1.807) is 0 Å². The minimum absolute atomic E-state index is 0.0000753. The molecule has 2 unspecified atom stereocenters. The van der Waals surface area contributed by atoms with Gasteiger partial charge >= 0.3 is 0 Å². The number of amides is 1. The number of carbonyl (C=O) groups is 1. The summed E-state index contributed by atoms with van der Waals surface area (Å²) in [5.41, 5.74) is 0.617. The Kier molecular flexibility index (Phi) is 5.50. The molecular formula is C20H33N5O2. The molecule has 3 fully saturated rings. The first-order valence-electron chi connectivity index (χ1n) is 10.7. The highest BCUT2D eigenvalue weighted by Gasteiger charge is 2.58. The van der Waals surface area contributed by atoms with Crippen LogP contribution in [0.5, 0.6) is 0 Å². The molecule has 150 valence electrons. The number of piperidine rings is 1. The lowest BCUT2D eigenvalue weighted by atomic mass is 9.54. The van der Waals surface area contributed by atoms with Gasteiger partial charge in [-0.2, -0.15) is 0 Å². The predicted molar refractivity (Wildman–Crippen MR) is 103 cm³/mol. The van der Waals surface area contributed by atoms with E-state index in [0.29, 0.717) is 17.8 Å². The van der Waals surface area contributed by atoms with Gasteiger partial charge in [-0.1, -0.05) is 24.5 Å². The van der Waals surface area contributed by atoms with Crippen LogP contribution in [0, 0.1) is 5.41 Å². The average molecular weight is 376 g/mol. The molecule has 3 aliphatic rings. The third-order valence-electron chi connectivity index (χ3n) is 7.09. The summed E-state index contributed by atoms with van der Waals surface area (Å²) in [6, 6.07) is 0.604. The van der Waals surface area contributed by atoms with Crippen molar-refractivity contribution in [2.75, 3.05) is 26.7 Å². The van der Waals surface area contributed by atoms with E-state index in [4.69, 9.17) is 4.74 Å². The van der Waals surface area contributed by atoms with Gasteiger partial charge in [-0.3, -0.25) is 4.79 Å². The molecule has 1 N–H and O–H groups in total. The van der Waals surface area contributed by atoms with Crippen LogP contribution in [0.4, 0.5) is 0 Å². The molecule has 2 aliphatic carbocycles. The summed E-state index contributed by atoms with van der Waals surface area (Å²) in [6.45, 7) is 4.81. The van der Waals surface area contributed by atoms with Crippen LogP contribution in [-0.4, -0.2) is 64.7 Å². The van der Waals surface area contributed by atoms with Crippen LogP contribution < -0.4 is 5.32 Å². The maximum atomic E-state index is 13.1. The molecule has 1 aromatic heterocycles. The van der Waals surface area contributed by atoms with Crippen molar-refractivity contribution < 1.29 is 9.53 Å². The molecule has 1 amide bonds. The Morgan fingerprint density at radius 1 is 1.33 bits per heavy atom. The lowest BCUT2D eigenvalue weighted by molar-refractivity contribution is -0.170. The molecule has 1 saturated heterocycles. The number of hydrogen-bond acceptors (Lipinski definition) is 5. The average Bonchev–Trinajstić information content (AvgIpc) is 3.21. The second-order valence-electron chi connectivity index (χ2n) is 8.47. The van der Waals surface area contributed by atoms with Gasteiger partial charge in [0, 0.05) is 25.1 Å². The summed E-state index contributed by atoms with van der Waals surface area (Å²) in [4.78, 5) is 15.1. The molecule has 1 spiro atoms. The van der Waals surface area contributed by atoms with Crippen LogP contribution >= 0.6 is 0 Å². The van der Waals surface area contributed by atoms with E-state index in [0.717, 1.165) is 39.0 Å². The quantitative estimate of drug-likeness (QED) is 0.856. The first-order chi connectivity index (χ1) is 13.2. The van der Waals surface area contributed by atoms with E-state index in [2.05, 4.69) is 22.6 Å². The molecule has 1 aliphatic heterocycles. The van der Waals surface area contributed by atoms with E-state index >= 15 is 0 Å². The molecule has 0 radical (unpaired) electrons. The van der Waals surface area contributed by atoms with E-state index < -0.39 is 0 Å². The van der Waals surface area contributed by atoms with Crippen LogP contribution in [0.3, 0.4) is 0 Å². The lowest BCUT2D eigenvalue weighted by Crippen LogP contribution is -2.65. The standard InChI is InChI=1S/C20H33N5O2/c1-3-27-18-13-17(20(18)9-5-4-6-10-20)24(2)19(26)16-14-25(23-22-16)15-7-11-21-12-8-15/h14-15,17-18,21H,3-13H2,1-2H3. The number of nitrogens with zero attached hydrogens (tertiary/aromatic N) is 4. The molecular weight excluding hydrogens is 342 g/mol. The number of aromatic nitrogens is 3. The van der Waals surface area contributed by atoms with Gasteiger partial charge in [0.25, 0.3) is 5.91 Å². The third-order valence-corrected chi connectivity index (χ3v) is 7.09. The van der Waals surface area contributed by atoms with E-state index in [1.807, 2.05) is 22.8 Å². The fraction of sp³-hybridized carbons (Fsp3) is 0.850. The van der Waals surface area contributed by atoms with Gasteiger partial charge < -0.3 is 15.0 Å². The largest absolute Gasteiger partial charge is 0.378 e. The number of carbonyl (C=O) groups excluding carboxylic acids is 1. The van der Waals surface area contributed by atoms with E-state index in [9.17, 15) is 4.79 Å². The number of rotatable bonds is 5. The maximum Gasteiger partial charge on any atom is 0.276 e. The zero-order valence-electron chi connectivity index (χ0n) is 16.7. The van der Waals surface area contributed by atoms with Gasteiger partial charge in [0.15, 0.2) is 5.69 Å². The summed E-state index contributed by atoms with van der Waals surface area (Å²) in [5.74, 6) is 0.0000753. The Balaban J connectivity index is 1.46. The third kappa shape index (κ3) is 3.40. The van der Waals surface area contributed by atoms with Gasteiger partial charge in [-0.25, -0.2) is 4.68 Å². The van der Waals surface area contributed by atoms with Crippen molar-refractivity contribution in [1.82, 2.24) is 25.2 Å². The number of hydrogen-bond donors (Lipinski definition) is 1. The SMILES string of the molecule is CCOC1CC(N(C)C(=O)c2cn(C3CCNCC3)nn2)C12CCCCC2. The molecule has 27 heavy (non-hydrogen) atoms. The zero-order chi connectivity index (χ0) is 18.9. The lowest BCUT2D eigenvalue weighted by Gasteiger charge is -2.60. The molecule has 2 saturated carbocycles. The summed E-state index contributed by atoms with van der Waals surface area (Å²) < 4.78 is 7.94. The van der Waals surface area contributed by atoms with Crippen molar-refractivity contribution in [1.29, 1.82) is 0 Å². The molecule has 0 aromatic carbocycles. The Morgan fingerprint density at radius 3 is 2.78 bits per heavy atom. The fourth-order valence-electron chi connectivity index (χ4n) is 5.52. The van der Waals surface area contributed by atoms with Gasteiger partial charge in [0.05, 0.1) is 18.3 Å². The first-order valence-corrected chi connectivity index (χ1v) is 10.7. The van der Waals surface area contributed by atoms with Crippen LogP contribution in [0.2, 0.25) is 0 Å². The second kappa shape index (κ2) is 7.87. The fourth-order valence-corrected chi connectivity index (χ4v) is 5.52. The molecule has 7 nitrogen and oxygen atoms in total. The van der Waals surface area contributed by atoms with Gasteiger partial charge in [-0.15, -0.1) is 5.10 Å². The molecule has 2 atom stereocenters. The van der Waals surface area contributed by atoms with Gasteiger partial charge in [0.1, 0.15) is 0 Å². The van der Waals surface area contributed by atoms with Gasteiger partial charge in [0.2, 0.25) is 0 Å². The van der Waals surface area contributed by atoms with Gasteiger partial charge in [-0.05, 0) is 52.1 Å². The van der Waals surface area contributed by atoms with Crippen LogP contribution in [0.25, 0.3) is 0 Å². The highest BCUT2D eigenvalue weighted by atomic mass is 16.5. The highest BCUT2D eigenvalue weighted by molar-refractivity contribution is 5.92. The minimum atomic E-state index is 0.0000753. The van der Waals surface area contributed by atoms with Crippen LogP contribution in [-0.2, 0) is 4.74 Å². The van der Waals surface area contributed by atoms with Crippen molar-refractivity contribution in [2.24, 2.45) is 5.41 Å². The molecule has 1 aromatic rings. The zero-order valence-corrected chi connectivity index (χ0v) is 16.7. The summed E-state index contributed by atoms with van der Waals surface area (Å²) in [6.07, 6.45) is 11.3. The van der Waals surface area contributed by atoms with Crippen molar-refractivity contribution >= 4 is 5.91 Å². The normalized spacial score (nSPS) is 28.1. The van der Waals surface area contributed by atoms with Crippen molar-refractivity contribution in [3.63, 3.8) is 0 Å². The first kappa shape index (κ1) is 18.9. The van der Waals surface area contributed by atoms with Crippen molar-refractivity contribution in [2.45, 2.75) is 76.5 Å². The van der Waals surface area contributed by atoms with E-state index in [-0.39, 0.29) is 17.4 Å². The van der Waals surface area contributed by atoms with Crippen LogP contribution in [0.1, 0.15) is 74.8 Å². The molecule has 0 bridgehead atoms. The Labute approximate surface area is 161 Å². The van der Waals surface area contributed by atoms with E-state index in [1.165, 1.54) is 32.1 Å². The molecule has 4 rings (SSSR count). The summed E-state index contributed by atoms with van der Waals surface area (Å²) in [7, 11) is 1.94. The Bertz CT molecular complexity index is 649. The summed E-state index contributed by atoms with van der Waals surface area (Å²) >= 11 is 0. The smallest absolute Gasteiger partial charge is 0.276 e. The maximum absolute atomic E-state index is 13.1. The highest BCUT2D eigenvalue weighted by Crippen LogP contribution is 2.55. The second-order valence-corrected chi connectivity index (χ2v) is 8.47. The predicted octanol–water partition coefficient (Wildman–Crippen LogP) is 2.40. The Morgan fingerprint density at radius 2 is 2.07 bits per heavy atom. The topological polar surface area (TPSA) is 72.3 Å². The summed E-state index contributed by atoms with van der Waals surface area (Å²) in [5, 5.41) is 11.8. The molecule has 7 heteroatoms. The Hall–Kier alpha value is -1.47. The minimum Gasteiger partial charge on any atom is -0.378 e. The van der Waals surface area contributed by atoms with Crippen LogP contribution in [0.15, 0.2) is 6.20 Å². The van der Waals surface area contributed by atoms with Crippen molar-refractivity contribution in [3.05, 3.63) is 11.9 Å². The molecule has 2 heterocycles. The van der Waals surface area contributed by atoms with Crippen molar-refractivity contribution in [3.8, 4) is 0 Å².